The van der Waals surface area contributed by atoms with Gasteiger partial charge in [0.25, 0.3) is 5.91 Å². The molecule has 0 aliphatic heterocycles. The van der Waals surface area contributed by atoms with Crippen LogP contribution in [-0.2, 0) is 14.4 Å². The number of nitrogens with one attached hydrogen (secondary N) is 3. The molecule has 0 aliphatic rings. The maximum atomic E-state index is 11.4. The molecule has 4 N–H and O–H groups in total. The zero-order chi connectivity index (χ0) is 15.0. The summed E-state index contributed by atoms with van der Waals surface area (Å²) in [6, 6.07) is 2.97. The van der Waals surface area contributed by atoms with Crippen molar-refractivity contribution in [2.24, 2.45) is 0 Å². The number of hydrogen-bond acceptors (Lipinski definition) is 5. The average Bonchev–Trinajstić information content (AvgIpc) is 2.94. The Morgan fingerprint density at radius 2 is 1.60 bits per heavy atom. The quantitative estimate of drug-likeness (QED) is 0.472. The third-order valence-corrected chi connectivity index (χ3v) is 2.04. The van der Waals surface area contributed by atoms with E-state index in [1.165, 1.54) is 18.4 Å². The molecule has 3 amide bonds. The fraction of sp³-hybridized carbons (Fsp3) is 0.273. The predicted molar refractivity (Wildman–Crippen MR) is 64.7 cm³/mol. The van der Waals surface area contributed by atoms with E-state index in [9.17, 15) is 19.2 Å². The van der Waals surface area contributed by atoms with Crippen molar-refractivity contribution < 1.29 is 28.7 Å². The molecule has 0 saturated heterocycles. The molecule has 1 rings (SSSR count). The van der Waals surface area contributed by atoms with E-state index in [0.717, 1.165) is 0 Å². The molecule has 0 bridgehead atoms. The molecule has 0 atom stereocenters. The highest BCUT2D eigenvalue weighted by atomic mass is 16.4. The highest BCUT2D eigenvalue weighted by molar-refractivity contribution is 5.94. The van der Waals surface area contributed by atoms with Gasteiger partial charge in [0.1, 0.15) is 6.54 Å². The second kappa shape index (κ2) is 7.56. The van der Waals surface area contributed by atoms with Gasteiger partial charge in [0.2, 0.25) is 11.8 Å². The molecule has 9 heteroatoms. The first-order chi connectivity index (χ1) is 9.49. The van der Waals surface area contributed by atoms with Gasteiger partial charge in [-0.05, 0) is 12.1 Å². The van der Waals surface area contributed by atoms with E-state index in [0.29, 0.717) is 0 Å². The summed E-state index contributed by atoms with van der Waals surface area (Å²) in [5.74, 6) is -2.90. The van der Waals surface area contributed by atoms with Gasteiger partial charge in [-0.2, -0.15) is 0 Å². The second-order valence-corrected chi connectivity index (χ2v) is 3.61. The molecule has 1 aromatic heterocycles. The van der Waals surface area contributed by atoms with Crippen molar-refractivity contribution in [3.8, 4) is 0 Å². The molecule has 108 valence electrons. The van der Waals surface area contributed by atoms with Gasteiger partial charge in [-0.3, -0.25) is 19.2 Å². The first-order valence-corrected chi connectivity index (χ1v) is 5.56. The van der Waals surface area contributed by atoms with E-state index in [1.807, 2.05) is 0 Å². The van der Waals surface area contributed by atoms with Crippen molar-refractivity contribution in [1.29, 1.82) is 0 Å². The van der Waals surface area contributed by atoms with Crippen LogP contribution in [0.3, 0.4) is 0 Å². The number of furan rings is 1. The zero-order valence-corrected chi connectivity index (χ0v) is 10.3. The summed E-state index contributed by atoms with van der Waals surface area (Å²) in [5, 5.41) is 14.9. The number of hydrogen-bond donors (Lipinski definition) is 4. The molecule has 0 fully saturated rings. The Hall–Kier alpha value is -2.84. The SMILES string of the molecule is O=C(O)CNC(=O)CNC(=O)CNC(=O)c1ccco1. The van der Waals surface area contributed by atoms with E-state index in [1.54, 1.807) is 0 Å². The van der Waals surface area contributed by atoms with Gasteiger partial charge in [0.15, 0.2) is 5.76 Å². The average molecular weight is 283 g/mol. The molecule has 9 nitrogen and oxygen atoms in total. The Labute approximate surface area is 113 Å². The number of carboxylic acid groups (broad SMARTS) is 1. The van der Waals surface area contributed by atoms with Gasteiger partial charge in [-0.15, -0.1) is 0 Å². The summed E-state index contributed by atoms with van der Waals surface area (Å²) in [6.07, 6.45) is 1.32. The summed E-state index contributed by atoms with van der Waals surface area (Å²) >= 11 is 0. The summed E-state index contributed by atoms with van der Waals surface area (Å²) in [5.41, 5.74) is 0. The highest BCUT2D eigenvalue weighted by Crippen LogP contribution is 1.98. The number of amides is 3. The fourth-order valence-electron chi connectivity index (χ4n) is 1.13. The van der Waals surface area contributed by atoms with Gasteiger partial charge in [0, 0.05) is 0 Å². The van der Waals surface area contributed by atoms with Crippen molar-refractivity contribution >= 4 is 23.7 Å². The molecule has 0 saturated carbocycles. The van der Waals surface area contributed by atoms with Crippen LogP contribution in [0.5, 0.6) is 0 Å². The minimum absolute atomic E-state index is 0.0667. The second-order valence-electron chi connectivity index (χ2n) is 3.61. The Kier molecular flexibility index (Phi) is 5.75. The summed E-state index contributed by atoms with van der Waals surface area (Å²) < 4.78 is 4.82. The molecule has 0 unspecified atom stereocenters. The summed E-state index contributed by atoms with van der Waals surface area (Å²) in [6.45, 7) is -1.22. The van der Waals surface area contributed by atoms with Gasteiger partial charge in [-0.1, -0.05) is 0 Å². The lowest BCUT2D eigenvalue weighted by molar-refractivity contribution is -0.137. The number of carbonyl (C=O) groups excluding carboxylic acids is 3. The van der Waals surface area contributed by atoms with Gasteiger partial charge in [-0.25, -0.2) is 0 Å². The lowest BCUT2D eigenvalue weighted by Crippen LogP contribution is -2.42. The smallest absolute Gasteiger partial charge is 0.322 e. The van der Waals surface area contributed by atoms with E-state index in [-0.39, 0.29) is 18.8 Å². The van der Waals surface area contributed by atoms with Crippen molar-refractivity contribution in [3.63, 3.8) is 0 Å². The summed E-state index contributed by atoms with van der Waals surface area (Å²) in [4.78, 5) is 44.0. The first-order valence-electron chi connectivity index (χ1n) is 5.56. The molecular formula is C11H13N3O6. The van der Waals surface area contributed by atoms with Gasteiger partial charge >= 0.3 is 5.97 Å². The minimum Gasteiger partial charge on any atom is -0.480 e. The topological polar surface area (TPSA) is 138 Å². The van der Waals surface area contributed by atoms with Crippen LogP contribution in [0.2, 0.25) is 0 Å². The minimum atomic E-state index is -1.18. The monoisotopic (exact) mass is 283 g/mol. The Bertz CT molecular complexity index is 496. The van der Waals surface area contributed by atoms with Crippen LogP contribution >= 0.6 is 0 Å². The Balaban J connectivity index is 2.19. The van der Waals surface area contributed by atoms with Crippen LogP contribution in [0.1, 0.15) is 10.6 Å². The van der Waals surface area contributed by atoms with Crippen molar-refractivity contribution in [1.82, 2.24) is 16.0 Å². The summed E-state index contributed by atoms with van der Waals surface area (Å²) in [7, 11) is 0. The lowest BCUT2D eigenvalue weighted by atomic mass is 10.4. The van der Waals surface area contributed by atoms with Crippen molar-refractivity contribution in [2.75, 3.05) is 19.6 Å². The van der Waals surface area contributed by atoms with Crippen LogP contribution in [0.25, 0.3) is 0 Å². The normalized spacial score (nSPS) is 9.60. The number of carboxylic acids is 1. The maximum Gasteiger partial charge on any atom is 0.322 e. The van der Waals surface area contributed by atoms with Crippen LogP contribution < -0.4 is 16.0 Å². The molecule has 20 heavy (non-hydrogen) atoms. The van der Waals surface area contributed by atoms with Crippen LogP contribution in [-0.4, -0.2) is 48.4 Å². The molecule has 0 spiro atoms. The molecule has 0 radical (unpaired) electrons. The maximum absolute atomic E-state index is 11.4. The Morgan fingerprint density at radius 1 is 1.00 bits per heavy atom. The van der Waals surface area contributed by atoms with Crippen molar-refractivity contribution in [2.45, 2.75) is 0 Å². The third-order valence-electron chi connectivity index (χ3n) is 2.04. The molecule has 1 aromatic rings. The zero-order valence-electron chi connectivity index (χ0n) is 10.3. The lowest BCUT2D eigenvalue weighted by Gasteiger charge is -2.06. The van der Waals surface area contributed by atoms with E-state index < -0.39 is 30.2 Å². The first kappa shape index (κ1) is 15.2. The Morgan fingerprint density at radius 3 is 2.15 bits per heavy atom. The number of aliphatic carboxylic acids is 1. The standard InChI is InChI=1S/C11H13N3O6/c15-8(13-6-10(17)18)4-12-9(16)5-14-11(19)7-2-1-3-20-7/h1-3H,4-6H2,(H,12,16)(H,13,15)(H,14,19)(H,17,18). The van der Waals surface area contributed by atoms with Gasteiger partial charge < -0.3 is 25.5 Å². The van der Waals surface area contributed by atoms with E-state index in [4.69, 9.17) is 9.52 Å². The molecular weight excluding hydrogens is 270 g/mol. The highest BCUT2D eigenvalue weighted by Gasteiger charge is 2.11. The predicted octanol–water partition coefficient (Wildman–Crippen LogP) is -1.67. The number of carbonyl (C=O) groups is 4. The van der Waals surface area contributed by atoms with E-state index >= 15 is 0 Å². The third kappa shape index (κ3) is 5.67. The fourth-order valence-corrected chi connectivity index (χ4v) is 1.13. The van der Waals surface area contributed by atoms with Crippen LogP contribution in [0.15, 0.2) is 22.8 Å². The number of rotatable bonds is 7. The molecule has 1 heterocycles. The van der Waals surface area contributed by atoms with Gasteiger partial charge in [0.05, 0.1) is 19.4 Å². The molecule has 0 aromatic carbocycles. The van der Waals surface area contributed by atoms with Crippen LogP contribution in [0.4, 0.5) is 0 Å². The van der Waals surface area contributed by atoms with Crippen molar-refractivity contribution in [3.05, 3.63) is 24.2 Å². The van der Waals surface area contributed by atoms with Crippen LogP contribution in [0, 0.1) is 0 Å². The van der Waals surface area contributed by atoms with E-state index in [2.05, 4.69) is 16.0 Å². The largest absolute Gasteiger partial charge is 0.480 e. The molecule has 0 aliphatic carbocycles.